The summed E-state index contributed by atoms with van der Waals surface area (Å²) < 4.78 is 7.41. The van der Waals surface area contributed by atoms with E-state index in [0.29, 0.717) is 0 Å². The molecule has 1 aliphatic heterocycles. The Labute approximate surface area is 175 Å². The van der Waals surface area contributed by atoms with E-state index in [1.807, 2.05) is 29.3 Å². The van der Waals surface area contributed by atoms with Crippen molar-refractivity contribution in [2.75, 3.05) is 31.6 Å². The number of nitrogens with zero attached hydrogens (tertiary/aromatic N) is 5. The SMILES string of the molecule is Cc1c(CNc2nc(CN3CCOCC3)nc3sc4c(c23)CCCC4)cnn1C. The number of morpholine rings is 1. The Morgan fingerprint density at radius 2 is 2.00 bits per heavy atom. The minimum Gasteiger partial charge on any atom is -0.379 e. The van der Waals surface area contributed by atoms with Gasteiger partial charge in [0.1, 0.15) is 16.5 Å². The fourth-order valence-electron chi connectivity index (χ4n) is 4.26. The fourth-order valence-corrected chi connectivity index (χ4v) is 5.54. The highest BCUT2D eigenvalue weighted by Crippen LogP contribution is 2.38. The predicted molar refractivity (Wildman–Crippen MR) is 115 cm³/mol. The van der Waals surface area contributed by atoms with Gasteiger partial charge >= 0.3 is 0 Å². The average molecular weight is 413 g/mol. The Morgan fingerprint density at radius 1 is 1.17 bits per heavy atom. The van der Waals surface area contributed by atoms with Gasteiger partial charge < -0.3 is 10.1 Å². The molecule has 4 heterocycles. The molecule has 1 saturated heterocycles. The molecule has 0 bridgehead atoms. The predicted octanol–water partition coefficient (Wildman–Crippen LogP) is 3.06. The Bertz CT molecular complexity index is 1020. The maximum atomic E-state index is 5.49. The monoisotopic (exact) mass is 412 g/mol. The van der Waals surface area contributed by atoms with Crippen LogP contribution in [0.25, 0.3) is 10.2 Å². The first-order valence-electron chi connectivity index (χ1n) is 10.5. The molecule has 0 amide bonds. The van der Waals surface area contributed by atoms with E-state index in [-0.39, 0.29) is 0 Å². The van der Waals surface area contributed by atoms with Crippen LogP contribution in [0.15, 0.2) is 6.20 Å². The minimum atomic E-state index is 0.730. The highest BCUT2D eigenvalue weighted by atomic mass is 32.1. The lowest BCUT2D eigenvalue weighted by Crippen LogP contribution is -2.36. The number of nitrogens with one attached hydrogen (secondary N) is 1. The minimum absolute atomic E-state index is 0.730. The van der Waals surface area contributed by atoms with Gasteiger partial charge in [-0.3, -0.25) is 9.58 Å². The van der Waals surface area contributed by atoms with Crippen LogP contribution in [0.3, 0.4) is 0 Å². The molecular formula is C21H28N6OS. The molecular weight excluding hydrogens is 384 g/mol. The molecule has 2 aliphatic rings. The number of hydrogen-bond donors (Lipinski definition) is 1. The van der Waals surface area contributed by atoms with Crippen LogP contribution in [0.1, 0.15) is 40.4 Å². The summed E-state index contributed by atoms with van der Waals surface area (Å²) in [5, 5.41) is 9.25. The van der Waals surface area contributed by atoms with Gasteiger partial charge in [0.05, 0.1) is 31.3 Å². The summed E-state index contributed by atoms with van der Waals surface area (Å²) in [6.45, 7) is 7.09. The van der Waals surface area contributed by atoms with Crippen molar-refractivity contribution in [3.8, 4) is 0 Å². The summed E-state index contributed by atoms with van der Waals surface area (Å²) in [6.07, 6.45) is 6.80. The number of fused-ring (bicyclic) bond motifs is 3. The van der Waals surface area contributed by atoms with Crippen molar-refractivity contribution >= 4 is 27.4 Å². The van der Waals surface area contributed by atoms with Gasteiger partial charge in [-0.2, -0.15) is 5.10 Å². The topological polar surface area (TPSA) is 68.1 Å². The zero-order valence-electron chi connectivity index (χ0n) is 17.2. The van der Waals surface area contributed by atoms with Gasteiger partial charge in [0.15, 0.2) is 0 Å². The molecule has 1 N–H and O–H groups in total. The third-order valence-corrected chi connectivity index (χ3v) is 7.30. The second kappa shape index (κ2) is 8.01. The van der Waals surface area contributed by atoms with Crippen LogP contribution in [0.4, 0.5) is 5.82 Å². The summed E-state index contributed by atoms with van der Waals surface area (Å²) in [6, 6.07) is 0. The first-order chi connectivity index (χ1) is 14.2. The lowest BCUT2D eigenvalue weighted by molar-refractivity contribution is 0.0331. The second-order valence-electron chi connectivity index (χ2n) is 8.00. The van der Waals surface area contributed by atoms with Crippen molar-refractivity contribution in [1.82, 2.24) is 24.6 Å². The number of hydrogen-bond acceptors (Lipinski definition) is 7. The molecule has 0 aromatic carbocycles. The summed E-state index contributed by atoms with van der Waals surface area (Å²) in [5.74, 6) is 1.89. The third-order valence-electron chi connectivity index (χ3n) is 6.11. The van der Waals surface area contributed by atoms with Crippen molar-refractivity contribution in [3.63, 3.8) is 0 Å². The van der Waals surface area contributed by atoms with Gasteiger partial charge in [-0.1, -0.05) is 0 Å². The van der Waals surface area contributed by atoms with Gasteiger partial charge in [0.25, 0.3) is 0 Å². The Kier molecular flexibility index (Phi) is 5.24. The summed E-state index contributed by atoms with van der Waals surface area (Å²) in [4.78, 5) is 15.0. The number of rotatable bonds is 5. The van der Waals surface area contributed by atoms with Crippen molar-refractivity contribution in [3.05, 3.63) is 33.7 Å². The first-order valence-corrected chi connectivity index (χ1v) is 11.3. The molecule has 3 aromatic heterocycles. The number of aromatic nitrogens is 4. The molecule has 29 heavy (non-hydrogen) atoms. The molecule has 5 rings (SSSR count). The Hall–Kier alpha value is -2.03. The van der Waals surface area contributed by atoms with E-state index in [4.69, 9.17) is 14.7 Å². The van der Waals surface area contributed by atoms with E-state index in [9.17, 15) is 0 Å². The van der Waals surface area contributed by atoms with E-state index >= 15 is 0 Å². The highest BCUT2D eigenvalue weighted by Gasteiger charge is 2.22. The maximum absolute atomic E-state index is 5.49. The average Bonchev–Trinajstić information content (AvgIpc) is 3.27. The summed E-state index contributed by atoms with van der Waals surface area (Å²) in [7, 11) is 1.98. The largest absolute Gasteiger partial charge is 0.379 e. The summed E-state index contributed by atoms with van der Waals surface area (Å²) in [5.41, 5.74) is 3.86. The highest BCUT2D eigenvalue weighted by molar-refractivity contribution is 7.19. The van der Waals surface area contributed by atoms with Crippen LogP contribution < -0.4 is 5.32 Å². The molecule has 8 heteroatoms. The van der Waals surface area contributed by atoms with Gasteiger partial charge in [-0.15, -0.1) is 11.3 Å². The number of thiophene rings is 1. The van der Waals surface area contributed by atoms with Gasteiger partial charge in [0.2, 0.25) is 0 Å². The number of aryl methyl sites for hydroxylation is 3. The normalized spacial score (nSPS) is 17.6. The van der Waals surface area contributed by atoms with Crippen molar-refractivity contribution in [1.29, 1.82) is 0 Å². The van der Waals surface area contributed by atoms with Gasteiger partial charge in [-0.05, 0) is 38.2 Å². The van der Waals surface area contributed by atoms with Gasteiger partial charge in [0, 0.05) is 42.8 Å². The Morgan fingerprint density at radius 3 is 2.79 bits per heavy atom. The van der Waals surface area contributed by atoms with Crippen LogP contribution in [-0.2, 0) is 37.7 Å². The second-order valence-corrected chi connectivity index (χ2v) is 9.08. The maximum Gasteiger partial charge on any atom is 0.146 e. The van der Waals surface area contributed by atoms with Crippen molar-refractivity contribution < 1.29 is 4.74 Å². The van der Waals surface area contributed by atoms with Crippen molar-refractivity contribution in [2.45, 2.75) is 45.7 Å². The molecule has 1 fully saturated rings. The van der Waals surface area contributed by atoms with E-state index in [0.717, 1.165) is 62.3 Å². The lowest BCUT2D eigenvalue weighted by atomic mass is 9.97. The smallest absolute Gasteiger partial charge is 0.146 e. The molecule has 0 saturated carbocycles. The van der Waals surface area contributed by atoms with Crippen LogP contribution in [0.5, 0.6) is 0 Å². The third kappa shape index (κ3) is 3.76. The Balaban J connectivity index is 1.49. The van der Waals surface area contributed by atoms with Crippen molar-refractivity contribution in [2.24, 2.45) is 7.05 Å². The molecule has 3 aromatic rings. The van der Waals surface area contributed by atoms with Crippen LogP contribution in [0.2, 0.25) is 0 Å². The number of ether oxygens (including phenoxy) is 1. The molecule has 7 nitrogen and oxygen atoms in total. The van der Waals surface area contributed by atoms with Crippen LogP contribution >= 0.6 is 11.3 Å². The molecule has 0 atom stereocenters. The van der Waals surface area contributed by atoms with Gasteiger partial charge in [-0.25, -0.2) is 9.97 Å². The summed E-state index contributed by atoms with van der Waals surface area (Å²) >= 11 is 1.87. The van der Waals surface area contributed by atoms with E-state index in [1.165, 1.54) is 46.3 Å². The molecule has 0 radical (unpaired) electrons. The quantitative estimate of drug-likeness (QED) is 0.695. The van der Waals surface area contributed by atoms with E-state index in [1.54, 1.807) is 0 Å². The van der Waals surface area contributed by atoms with Crippen LogP contribution in [0, 0.1) is 6.92 Å². The molecule has 154 valence electrons. The zero-order chi connectivity index (χ0) is 19.8. The number of anilines is 1. The first kappa shape index (κ1) is 19.0. The van der Waals surface area contributed by atoms with E-state index in [2.05, 4.69) is 22.2 Å². The molecule has 0 spiro atoms. The lowest BCUT2D eigenvalue weighted by Gasteiger charge is -2.25. The fraction of sp³-hybridized carbons (Fsp3) is 0.571. The van der Waals surface area contributed by atoms with E-state index < -0.39 is 0 Å². The molecule has 0 unspecified atom stereocenters. The molecule has 1 aliphatic carbocycles. The standard InChI is InChI=1S/C21H28N6OS/c1-14-15(12-23-26(14)2)11-22-20-19-16-5-3-4-6-17(16)29-21(19)25-18(24-20)13-27-7-9-28-10-8-27/h12H,3-11,13H2,1-2H3,(H,22,24,25). The van der Waals surface area contributed by atoms with Crippen LogP contribution in [-0.4, -0.2) is 51.0 Å². The zero-order valence-corrected chi connectivity index (χ0v) is 18.0.